The Kier molecular flexibility index (Phi) is 4.88. The Hall–Kier alpha value is -1.98. The van der Waals surface area contributed by atoms with Gasteiger partial charge in [0, 0.05) is 11.8 Å². The number of nitrogens with zero attached hydrogens (tertiary/aromatic N) is 1. The standard InChI is InChI=1S/C15H14ClN3OS/c1-9-3-5-12(10(2)7-9)14(20)19-15(21)18-13-6-4-11(16)8-17-13/h3-8H,1-2H3,(H2,17,18,19,20,21). The fraction of sp³-hybridized carbons (Fsp3) is 0.133. The SMILES string of the molecule is Cc1ccc(C(=O)NC(=S)Nc2ccc(Cl)cn2)c(C)c1. The van der Waals surface area contributed by atoms with Gasteiger partial charge in [-0.05, 0) is 49.8 Å². The largest absolute Gasteiger partial charge is 0.317 e. The molecule has 1 amide bonds. The molecule has 0 aliphatic carbocycles. The van der Waals surface area contributed by atoms with Gasteiger partial charge in [0.05, 0.1) is 5.02 Å². The van der Waals surface area contributed by atoms with Crippen LogP contribution in [-0.4, -0.2) is 16.0 Å². The maximum atomic E-state index is 12.2. The van der Waals surface area contributed by atoms with Crippen molar-refractivity contribution in [2.75, 3.05) is 5.32 Å². The first kappa shape index (κ1) is 15.4. The number of benzene rings is 1. The van der Waals surface area contributed by atoms with Crippen LogP contribution in [0.25, 0.3) is 0 Å². The number of carbonyl (C=O) groups is 1. The lowest BCUT2D eigenvalue weighted by atomic mass is 10.1. The van der Waals surface area contributed by atoms with E-state index in [9.17, 15) is 4.79 Å². The highest BCUT2D eigenvalue weighted by Gasteiger charge is 2.10. The summed E-state index contributed by atoms with van der Waals surface area (Å²) in [5.74, 6) is 0.268. The first-order valence-corrected chi connectivity index (χ1v) is 7.05. The molecule has 0 unspecified atom stereocenters. The van der Waals surface area contributed by atoms with Crippen LogP contribution in [0.15, 0.2) is 36.5 Å². The molecular formula is C15H14ClN3OS. The Morgan fingerprint density at radius 2 is 2.00 bits per heavy atom. The second kappa shape index (κ2) is 6.65. The van der Waals surface area contributed by atoms with E-state index < -0.39 is 0 Å². The highest BCUT2D eigenvalue weighted by atomic mass is 35.5. The summed E-state index contributed by atoms with van der Waals surface area (Å²) in [6, 6.07) is 8.98. The van der Waals surface area contributed by atoms with Crippen LogP contribution in [0.5, 0.6) is 0 Å². The number of aryl methyl sites for hydroxylation is 2. The molecule has 0 aliphatic heterocycles. The lowest BCUT2D eigenvalue weighted by Gasteiger charge is -2.10. The molecule has 0 saturated heterocycles. The molecule has 1 aromatic carbocycles. The van der Waals surface area contributed by atoms with Crippen molar-refractivity contribution in [1.82, 2.24) is 10.3 Å². The number of thiocarbonyl (C=S) groups is 1. The molecule has 108 valence electrons. The number of rotatable bonds is 2. The zero-order valence-corrected chi connectivity index (χ0v) is 13.2. The van der Waals surface area contributed by atoms with Crippen molar-refractivity contribution in [2.24, 2.45) is 0 Å². The number of hydrogen-bond donors (Lipinski definition) is 2. The van der Waals surface area contributed by atoms with Gasteiger partial charge in [0.2, 0.25) is 0 Å². The molecule has 1 aromatic heterocycles. The number of carbonyl (C=O) groups excluding carboxylic acids is 1. The molecule has 0 saturated carbocycles. The summed E-state index contributed by atoms with van der Waals surface area (Å²) in [7, 11) is 0. The fourth-order valence-electron chi connectivity index (χ4n) is 1.84. The molecule has 1 heterocycles. The van der Waals surface area contributed by atoms with Crippen molar-refractivity contribution in [1.29, 1.82) is 0 Å². The number of hydrogen-bond acceptors (Lipinski definition) is 3. The first-order valence-electron chi connectivity index (χ1n) is 6.27. The van der Waals surface area contributed by atoms with Gasteiger partial charge in [-0.2, -0.15) is 0 Å². The van der Waals surface area contributed by atoms with E-state index in [1.807, 2.05) is 26.0 Å². The van der Waals surface area contributed by atoms with Crippen molar-refractivity contribution in [3.63, 3.8) is 0 Å². The van der Waals surface area contributed by atoms with E-state index >= 15 is 0 Å². The van der Waals surface area contributed by atoms with E-state index in [1.165, 1.54) is 6.20 Å². The molecule has 6 heteroatoms. The van der Waals surface area contributed by atoms with Crippen LogP contribution in [0.3, 0.4) is 0 Å². The van der Waals surface area contributed by atoms with Crippen LogP contribution in [-0.2, 0) is 0 Å². The number of nitrogens with one attached hydrogen (secondary N) is 2. The minimum absolute atomic E-state index is 0.190. The summed E-state index contributed by atoms with van der Waals surface area (Å²) in [5.41, 5.74) is 2.60. The van der Waals surface area contributed by atoms with Crippen molar-refractivity contribution < 1.29 is 4.79 Å². The summed E-state index contributed by atoms with van der Waals surface area (Å²) in [5, 5.41) is 6.18. The summed E-state index contributed by atoms with van der Waals surface area (Å²) in [6.45, 7) is 3.87. The Balaban J connectivity index is 2.02. The number of anilines is 1. The third kappa shape index (κ3) is 4.24. The van der Waals surface area contributed by atoms with E-state index in [2.05, 4.69) is 15.6 Å². The quantitative estimate of drug-likeness (QED) is 0.832. The number of pyridine rings is 1. The van der Waals surface area contributed by atoms with Crippen LogP contribution in [0.4, 0.5) is 5.82 Å². The van der Waals surface area contributed by atoms with Gasteiger partial charge in [-0.3, -0.25) is 10.1 Å². The molecule has 0 bridgehead atoms. The van der Waals surface area contributed by atoms with Crippen molar-refractivity contribution in [3.8, 4) is 0 Å². The smallest absolute Gasteiger partial charge is 0.257 e. The minimum atomic E-state index is -0.251. The van der Waals surface area contributed by atoms with E-state index in [1.54, 1.807) is 18.2 Å². The van der Waals surface area contributed by atoms with Crippen molar-refractivity contribution in [3.05, 3.63) is 58.2 Å². The molecule has 2 rings (SSSR count). The van der Waals surface area contributed by atoms with Crippen LogP contribution >= 0.6 is 23.8 Å². The van der Waals surface area contributed by atoms with E-state index in [-0.39, 0.29) is 11.0 Å². The topological polar surface area (TPSA) is 54.0 Å². The molecule has 2 N–H and O–H groups in total. The monoisotopic (exact) mass is 319 g/mol. The minimum Gasteiger partial charge on any atom is -0.317 e. The van der Waals surface area contributed by atoms with Gasteiger partial charge in [0.1, 0.15) is 5.82 Å². The molecule has 0 spiro atoms. The Bertz CT molecular complexity index is 686. The third-order valence-corrected chi connectivity index (χ3v) is 3.25. The van der Waals surface area contributed by atoms with E-state index in [4.69, 9.17) is 23.8 Å². The summed E-state index contributed by atoms with van der Waals surface area (Å²) >= 11 is 10.8. The maximum Gasteiger partial charge on any atom is 0.257 e. The Labute approximate surface area is 133 Å². The average molecular weight is 320 g/mol. The van der Waals surface area contributed by atoms with Gasteiger partial charge in [-0.15, -0.1) is 0 Å². The zero-order valence-electron chi connectivity index (χ0n) is 11.6. The number of halogens is 1. The Morgan fingerprint density at radius 1 is 1.24 bits per heavy atom. The molecular weight excluding hydrogens is 306 g/mol. The zero-order chi connectivity index (χ0) is 15.4. The van der Waals surface area contributed by atoms with Gasteiger partial charge in [0.15, 0.2) is 5.11 Å². The third-order valence-electron chi connectivity index (χ3n) is 2.82. The van der Waals surface area contributed by atoms with Gasteiger partial charge < -0.3 is 5.32 Å². The van der Waals surface area contributed by atoms with Crippen molar-refractivity contribution in [2.45, 2.75) is 13.8 Å². The predicted octanol–water partition coefficient (Wildman–Crippen LogP) is 3.48. The second-order valence-corrected chi connectivity index (χ2v) is 5.43. The van der Waals surface area contributed by atoms with E-state index in [0.717, 1.165) is 11.1 Å². The molecule has 0 aliphatic rings. The van der Waals surface area contributed by atoms with Crippen LogP contribution in [0.1, 0.15) is 21.5 Å². The highest BCUT2D eigenvalue weighted by Crippen LogP contribution is 2.11. The summed E-state index contributed by atoms with van der Waals surface area (Å²) < 4.78 is 0. The van der Waals surface area contributed by atoms with Gasteiger partial charge in [0.25, 0.3) is 5.91 Å². The number of amides is 1. The summed E-state index contributed by atoms with van der Waals surface area (Å²) in [6.07, 6.45) is 1.50. The highest BCUT2D eigenvalue weighted by molar-refractivity contribution is 7.80. The first-order chi connectivity index (χ1) is 9.95. The molecule has 0 fully saturated rings. The lowest BCUT2D eigenvalue weighted by molar-refractivity contribution is 0.0977. The van der Waals surface area contributed by atoms with Gasteiger partial charge >= 0.3 is 0 Å². The normalized spacial score (nSPS) is 10.0. The molecule has 0 atom stereocenters. The van der Waals surface area contributed by atoms with Crippen molar-refractivity contribution >= 4 is 40.7 Å². The summed E-state index contributed by atoms with van der Waals surface area (Å²) in [4.78, 5) is 16.2. The van der Waals surface area contributed by atoms with Crippen LogP contribution in [0.2, 0.25) is 5.02 Å². The van der Waals surface area contributed by atoms with Crippen LogP contribution in [0, 0.1) is 13.8 Å². The Morgan fingerprint density at radius 3 is 2.62 bits per heavy atom. The van der Waals surface area contributed by atoms with Gasteiger partial charge in [-0.1, -0.05) is 29.3 Å². The molecule has 21 heavy (non-hydrogen) atoms. The van der Waals surface area contributed by atoms with E-state index in [0.29, 0.717) is 16.4 Å². The second-order valence-electron chi connectivity index (χ2n) is 4.59. The molecule has 2 aromatic rings. The number of aromatic nitrogens is 1. The molecule has 0 radical (unpaired) electrons. The predicted molar refractivity (Wildman–Crippen MR) is 88.8 cm³/mol. The maximum absolute atomic E-state index is 12.2. The fourth-order valence-corrected chi connectivity index (χ4v) is 2.15. The van der Waals surface area contributed by atoms with Crippen LogP contribution < -0.4 is 10.6 Å². The molecule has 4 nitrogen and oxygen atoms in total. The average Bonchev–Trinajstić information content (AvgIpc) is 2.41. The van der Waals surface area contributed by atoms with Gasteiger partial charge in [-0.25, -0.2) is 4.98 Å². The lowest BCUT2D eigenvalue weighted by Crippen LogP contribution is -2.34.